The SMILES string of the molecule is C[C@]1(C(=O)O)CCN(C(=O)c2nc(C3CC3)n(-c3ccccc3Cl)n2)C1. The third kappa shape index (κ3) is 2.86. The molecule has 2 fully saturated rings. The fourth-order valence-corrected chi connectivity index (χ4v) is 3.49. The Morgan fingerprint density at radius 2 is 2.04 bits per heavy atom. The molecule has 26 heavy (non-hydrogen) atoms. The highest BCUT2D eigenvalue weighted by molar-refractivity contribution is 6.32. The zero-order valence-electron chi connectivity index (χ0n) is 14.4. The van der Waals surface area contributed by atoms with Gasteiger partial charge in [0.15, 0.2) is 0 Å². The summed E-state index contributed by atoms with van der Waals surface area (Å²) in [6.07, 6.45) is 2.45. The fourth-order valence-electron chi connectivity index (χ4n) is 3.27. The summed E-state index contributed by atoms with van der Waals surface area (Å²) in [6, 6.07) is 7.31. The van der Waals surface area contributed by atoms with Crippen molar-refractivity contribution in [3.63, 3.8) is 0 Å². The van der Waals surface area contributed by atoms with Crippen molar-refractivity contribution >= 4 is 23.5 Å². The number of carboxylic acids is 1. The number of carboxylic acid groups (broad SMARTS) is 1. The number of carbonyl (C=O) groups excluding carboxylic acids is 1. The minimum atomic E-state index is -0.916. The molecule has 1 aromatic carbocycles. The van der Waals surface area contributed by atoms with Gasteiger partial charge in [-0.3, -0.25) is 9.59 Å². The first-order chi connectivity index (χ1) is 12.4. The predicted molar refractivity (Wildman–Crippen MR) is 94.6 cm³/mol. The van der Waals surface area contributed by atoms with Gasteiger partial charge in [-0.1, -0.05) is 23.7 Å². The molecule has 7 nitrogen and oxygen atoms in total. The quantitative estimate of drug-likeness (QED) is 0.888. The van der Waals surface area contributed by atoms with Crippen molar-refractivity contribution in [3.8, 4) is 5.69 Å². The maximum atomic E-state index is 12.8. The maximum Gasteiger partial charge on any atom is 0.311 e. The number of hydrogen-bond acceptors (Lipinski definition) is 4. The number of likely N-dealkylation sites (tertiary alicyclic amines) is 1. The van der Waals surface area contributed by atoms with Crippen LogP contribution in [-0.4, -0.2) is 49.7 Å². The molecule has 0 unspecified atom stereocenters. The number of halogens is 1. The molecule has 1 aliphatic heterocycles. The molecule has 4 rings (SSSR count). The van der Waals surface area contributed by atoms with Crippen molar-refractivity contribution in [3.05, 3.63) is 40.9 Å². The Kier molecular flexibility index (Phi) is 3.99. The van der Waals surface area contributed by atoms with Crippen molar-refractivity contribution in [2.24, 2.45) is 5.41 Å². The van der Waals surface area contributed by atoms with E-state index in [4.69, 9.17) is 11.6 Å². The molecule has 0 bridgehead atoms. The number of nitrogens with zero attached hydrogens (tertiary/aromatic N) is 4. The second kappa shape index (κ2) is 6.09. The zero-order valence-corrected chi connectivity index (χ0v) is 15.1. The molecule has 1 saturated heterocycles. The predicted octanol–water partition coefficient (Wildman–Crippen LogP) is 2.73. The van der Waals surface area contributed by atoms with E-state index in [0.29, 0.717) is 23.7 Å². The number of para-hydroxylation sites is 1. The van der Waals surface area contributed by atoms with Crippen molar-refractivity contribution in [2.45, 2.75) is 32.1 Å². The number of rotatable bonds is 4. The van der Waals surface area contributed by atoms with Gasteiger partial charge in [0.05, 0.1) is 16.1 Å². The van der Waals surface area contributed by atoms with Gasteiger partial charge in [0.25, 0.3) is 5.91 Å². The lowest BCUT2D eigenvalue weighted by atomic mass is 9.90. The van der Waals surface area contributed by atoms with E-state index in [1.54, 1.807) is 17.7 Å². The molecule has 1 atom stereocenters. The third-order valence-electron chi connectivity index (χ3n) is 5.12. The molecular weight excluding hydrogens is 356 g/mol. The summed E-state index contributed by atoms with van der Waals surface area (Å²) in [6.45, 7) is 2.22. The molecule has 1 amide bonds. The summed E-state index contributed by atoms with van der Waals surface area (Å²) in [4.78, 5) is 30.3. The van der Waals surface area contributed by atoms with Gasteiger partial charge in [0.1, 0.15) is 5.82 Å². The number of hydrogen-bond donors (Lipinski definition) is 1. The Morgan fingerprint density at radius 3 is 2.65 bits per heavy atom. The Balaban J connectivity index is 1.66. The first-order valence-corrected chi connectivity index (χ1v) is 9.01. The average Bonchev–Trinajstić information content (AvgIpc) is 3.23. The Labute approximate surface area is 155 Å². The summed E-state index contributed by atoms with van der Waals surface area (Å²) in [5.74, 6) is -0.102. The van der Waals surface area contributed by atoms with Crippen LogP contribution in [0.3, 0.4) is 0 Å². The summed E-state index contributed by atoms with van der Waals surface area (Å²) >= 11 is 6.29. The molecule has 2 aromatic rings. The number of aromatic nitrogens is 3. The van der Waals surface area contributed by atoms with E-state index in [0.717, 1.165) is 18.7 Å². The Bertz CT molecular complexity index is 892. The van der Waals surface area contributed by atoms with Gasteiger partial charge >= 0.3 is 5.97 Å². The van der Waals surface area contributed by atoms with Crippen LogP contribution in [0.5, 0.6) is 0 Å². The maximum absolute atomic E-state index is 12.8. The van der Waals surface area contributed by atoms with Gasteiger partial charge in [-0.25, -0.2) is 9.67 Å². The molecule has 136 valence electrons. The smallest absolute Gasteiger partial charge is 0.311 e. The van der Waals surface area contributed by atoms with Gasteiger partial charge in [-0.15, -0.1) is 5.10 Å². The van der Waals surface area contributed by atoms with E-state index in [1.807, 2.05) is 18.2 Å². The Hall–Kier alpha value is -2.41. The van der Waals surface area contributed by atoms with E-state index < -0.39 is 11.4 Å². The van der Waals surface area contributed by atoms with E-state index in [9.17, 15) is 14.7 Å². The van der Waals surface area contributed by atoms with Crippen LogP contribution in [0.25, 0.3) is 5.69 Å². The first kappa shape index (κ1) is 17.0. The topological polar surface area (TPSA) is 88.3 Å². The monoisotopic (exact) mass is 374 g/mol. The zero-order chi connectivity index (χ0) is 18.5. The standard InChI is InChI=1S/C18H19ClN4O3/c1-18(17(25)26)8-9-22(10-18)16(24)14-20-15(11-6-7-11)23(21-14)13-5-3-2-4-12(13)19/h2-5,11H,6-10H2,1H3,(H,25,26)/t18-/m0/s1. The van der Waals surface area contributed by atoms with Gasteiger partial charge in [0.2, 0.25) is 5.82 Å². The molecule has 8 heteroatoms. The number of carbonyl (C=O) groups is 2. The molecule has 0 spiro atoms. The lowest BCUT2D eigenvalue weighted by Gasteiger charge is -2.19. The largest absolute Gasteiger partial charge is 0.481 e. The van der Waals surface area contributed by atoms with Gasteiger partial charge in [0, 0.05) is 19.0 Å². The number of aliphatic carboxylic acids is 1. The molecule has 1 aromatic heterocycles. The van der Waals surface area contributed by atoms with Crippen LogP contribution >= 0.6 is 11.6 Å². The third-order valence-corrected chi connectivity index (χ3v) is 5.44. The minimum absolute atomic E-state index is 0.0986. The highest BCUT2D eigenvalue weighted by Gasteiger charge is 2.43. The molecule has 2 aliphatic rings. The van der Waals surface area contributed by atoms with E-state index in [1.165, 1.54) is 4.90 Å². The fraction of sp³-hybridized carbons (Fsp3) is 0.444. The molecule has 1 saturated carbocycles. The van der Waals surface area contributed by atoms with Crippen molar-refractivity contribution < 1.29 is 14.7 Å². The van der Waals surface area contributed by atoms with E-state index in [-0.39, 0.29) is 24.2 Å². The summed E-state index contributed by atoms with van der Waals surface area (Å²) < 4.78 is 1.65. The second-order valence-corrected chi connectivity index (χ2v) is 7.68. The van der Waals surface area contributed by atoms with Gasteiger partial charge < -0.3 is 10.0 Å². The van der Waals surface area contributed by atoms with Crippen LogP contribution in [0, 0.1) is 5.41 Å². The lowest BCUT2D eigenvalue weighted by molar-refractivity contribution is -0.147. The van der Waals surface area contributed by atoms with Crippen LogP contribution < -0.4 is 0 Å². The molecule has 2 heterocycles. The highest BCUT2D eigenvalue weighted by Crippen LogP contribution is 2.40. The van der Waals surface area contributed by atoms with E-state index >= 15 is 0 Å². The average molecular weight is 375 g/mol. The second-order valence-electron chi connectivity index (χ2n) is 7.27. The summed E-state index contributed by atoms with van der Waals surface area (Å²) in [5.41, 5.74) is -0.222. The normalized spacial score (nSPS) is 22.6. The Morgan fingerprint density at radius 1 is 1.31 bits per heavy atom. The van der Waals surface area contributed by atoms with Crippen LogP contribution in [0.2, 0.25) is 5.02 Å². The lowest BCUT2D eigenvalue weighted by Crippen LogP contribution is -2.35. The molecule has 1 N–H and O–H groups in total. The molecular formula is C18H19ClN4O3. The minimum Gasteiger partial charge on any atom is -0.481 e. The van der Waals surface area contributed by atoms with E-state index in [2.05, 4.69) is 10.1 Å². The molecule has 1 aliphatic carbocycles. The molecule has 0 radical (unpaired) electrons. The van der Waals surface area contributed by atoms with Gasteiger partial charge in [-0.2, -0.15) is 0 Å². The summed E-state index contributed by atoms with van der Waals surface area (Å²) in [5, 5.41) is 14.3. The van der Waals surface area contributed by atoms with Crippen LogP contribution in [0.4, 0.5) is 0 Å². The van der Waals surface area contributed by atoms with Crippen molar-refractivity contribution in [1.82, 2.24) is 19.7 Å². The first-order valence-electron chi connectivity index (χ1n) is 8.63. The van der Waals surface area contributed by atoms with Crippen LogP contribution in [-0.2, 0) is 4.79 Å². The van der Waals surface area contributed by atoms with Crippen molar-refractivity contribution in [2.75, 3.05) is 13.1 Å². The number of benzene rings is 1. The van der Waals surface area contributed by atoms with Crippen LogP contribution in [0.15, 0.2) is 24.3 Å². The summed E-state index contributed by atoms with van der Waals surface area (Å²) in [7, 11) is 0. The van der Waals surface area contributed by atoms with Crippen LogP contribution in [0.1, 0.15) is 48.5 Å². The van der Waals surface area contributed by atoms with Gasteiger partial charge in [-0.05, 0) is 38.3 Å². The van der Waals surface area contributed by atoms with Crippen molar-refractivity contribution in [1.29, 1.82) is 0 Å². The number of amides is 1. The highest BCUT2D eigenvalue weighted by atomic mass is 35.5.